The standard InChI is InChI=1S/C22H19FN2O4S/c1-2-6-15-9-10-17-12-19(29-14-16-7-4-3-5-8-16)22(21(23)18(17)11-15)25-13-20(26)24-30(25,27)28/h2-5,7-12H,1,6,13-14H2,(H,24,26). The van der Waals surface area contributed by atoms with Gasteiger partial charge in [-0.05, 0) is 35.1 Å². The number of benzene rings is 3. The van der Waals surface area contributed by atoms with Gasteiger partial charge in [0.2, 0.25) is 0 Å². The molecular weight excluding hydrogens is 407 g/mol. The second-order valence-electron chi connectivity index (χ2n) is 6.90. The molecule has 0 aliphatic carbocycles. The number of hydrogen-bond acceptors (Lipinski definition) is 4. The maximum atomic E-state index is 15.6. The number of carbonyl (C=O) groups is 1. The first-order valence-corrected chi connectivity index (χ1v) is 10.7. The Labute approximate surface area is 173 Å². The van der Waals surface area contributed by atoms with Gasteiger partial charge in [0.15, 0.2) is 5.82 Å². The van der Waals surface area contributed by atoms with E-state index in [0.717, 1.165) is 11.1 Å². The lowest BCUT2D eigenvalue weighted by Crippen LogP contribution is -2.30. The zero-order valence-corrected chi connectivity index (χ0v) is 16.8. The molecule has 4 rings (SSSR count). The summed E-state index contributed by atoms with van der Waals surface area (Å²) >= 11 is 0. The average Bonchev–Trinajstić information content (AvgIpc) is 2.99. The monoisotopic (exact) mass is 426 g/mol. The number of anilines is 1. The van der Waals surface area contributed by atoms with Gasteiger partial charge in [0.25, 0.3) is 5.91 Å². The zero-order chi connectivity index (χ0) is 21.3. The van der Waals surface area contributed by atoms with E-state index in [4.69, 9.17) is 4.74 Å². The molecule has 3 aromatic carbocycles. The number of amides is 1. The van der Waals surface area contributed by atoms with Crippen LogP contribution in [-0.2, 0) is 28.0 Å². The lowest BCUT2D eigenvalue weighted by atomic mass is 10.0. The molecule has 1 amide bonds. The molecule has 1 aliphatic rings. The van der Waals surface area contributed by atoms with Crippen molar-refractivity contribution in [1.29, 1.82) is 0 Å². The number of hydrogen-bond donors (Lipinski definition) is 1. The summed E-state index contributed by atoms with van der Waals surface area (Å²) in [6, 6.07) is 16.1. The Morgan fingerprint density at radius 3 is 2.57 bits per heavy atom. The van der Waals surface area contributed by atoms with E-state index in [1.54, 1.807) is 24.3 Å². The first kappa shape index (κ1) is 19.9. The number of fused-ring (bicyclic) bond motifs is 1. The van der Waals surface area contributed by atoms with E-state index in [0.29, 0.717) is 16.1 Å². The van der Waals surface area contributed by atoms with Crippen LogP contribution in [0.15, 0.2) is 67.3 Å². The van der Waals surface area contributed by atoms with Crippen molar-refractivity contribution >= 4 is 32.6 Å². The van der Waals surface area contributed by atoms with Crippen LogP contribution in [0.25, 0.3) is 10.8 Å². The quantitative estimate of drug-likeness (QED) is 0.613. The predicted molar refractivity (Wildman–Crippen MR) is 113 cm³/mol. The molecule has 0 saturated carbocycles. The Balaban J connectivity index is 1.86. The molecule has 1 fully saturated rings. The third-order valence-corrected chi connectivity index (χ3v) is 6.15. The minimum absolute atomic E-state index is 0.0420. The molecule has 3 aromatic rings. The number of nitrogens with zero attached hydrogens (tertiary/aromatic N) is 1. The molecule has 1 N–H and O–H groups in total. The third-order valence-electron chi connectivity index (χ3n) is 4.77. The maximum Gasteiger partial charge on any atom is 0.326 e. The minimum Gasteiger partial charge on any atom is -0.487 e. The lowest BCUT2D eigenvalue weighted by Gasteiger charge is -2.21. The fourth-order valence-corrected chi connectivity index (χ4v) is 4.54. The average molecular weight is 426 g/mol. The molecule has 0 aromatic heterocycles. The fourth-order valence-electron chi connectivity index (χ4n) is 3.38. The number of allylic oxidation sites excluding steroid dienone is 1. The van der Waals surface area contributed by atoms with Crippen molar-refractivity contribution in [3.8, 4) is 5.75 Å². The van der Waals surface area contributed by atoms with Crippen LogP contribution >= 0.6 is 0 Å². The van der Waals surface area contributed by atoms with Crippen LogP contribution in [0.2, 0.25) is 0 Å². The van der Waals surface area contributed by atoms with Crippen molar-refractivity contribution in [1.82, 2.24) is 4.72 Å². The fraction of sp³-hybridized carbons (Fsp3) is 0.136. The summed E-state index contributed by atoms with van der Waals surface area (Å²) in [5, 5.41) is 0.800. The van der Waals surface area contributed by atoms with Crippen LogP contribution in [0.5, 0.6) is 5.75 Å². The molecule has 0 spiro atoms. The topological polar surface area (TPSA) is 75.7 Å². The number of ether oxygens (including phenoxy) is 1. The molecule has 1 aliphatic heterocycles. The van der Waals surface area contributed by atoms with Gasteiger partial charge in [-0.1, -0.05) is 48.5 Å². The SMILES string of the molecule is C=CCc1ccc2cc(OCc3ccccc3)c(N3CC(=O)NS3(=O)=O)c(F)c2c1. The predicted octanol–water partition coefficient (Wildman–Crippen LogP) is 3.47. The van der Waals surface area contributed by atoms with Crippen LogP contribution in [0, 0.1) is 5.82 Å². The highest BCUT2D eigenvalue weighted by atomic mass is 32.2. The maximum absolute atomic E-state index is 15.6. The number of rotatable bonds is 6. The summed E-state index contributed by atoms with van der Waals surface area (Å²) in [5.41, 5.74) is 1.38. The van der Waals surface area contributed by atoms with Gasteiger partial charge in [-0.25, -0.2) is 13.4 Å². The van der Waals surface area contributed by atoms with Crippen LogP contribution in [-0.4, -0.2) is 20.9 Å². The smallest absolute Gasteiger partial charge is 0.326 e. The van der Waals surface area contributed by atoms with E-state index in [-0.39, 0.29) is 23.4 Å². The summed E-state index contributed by atoms with van der Waals surface area (Å²) in [5.74, 6) is -1.45. The highest BCUT2D eigenvalue weighted by Gasteiger charge is 2.38. The molecule has 0 atom stereocenters. The van der Waals surface area contributed by atoms with Crippen molar-refractivity contribution in [2.24, 2.45) is 0 Å². The molecular formula is C22H19FN2O4S. The Morgan fingerprint density at radius 1 is 1.13 bits per heavy atom. The van der Waals surface area contributed by atoms with Gasteiger partial charge in [0.1, 0.15) is 24.6 Å². The van der Waals surface area contributed by atoms with Gasteiger partial charge in [0.05, 0.1) is 0 Å². The first-order valence-electron chi connectivity index (χ1n) is 9.25. The zero-order valence-electron chi connectivity index (χ0n) is 16.0. The Hall–Kier alpha value is -3.39. The molecule has 0 radical (unpaired) electrons. The minimum atomic E-state index is -4.21. The van der Waals surface area contributed by atoms with Crippen LogP contribution < -0.4 is 13.8 Å². The van der Waals surface area contributed by atoms with Crippen molar-refractivity contribution in [2.45, 2.75) is 13.0 Å². The molecule has 6 nitrogen and oxygen atoms in total. The largest absolute Gasteiger partial charge is 0.487 e. The second kappa shape index (κ2) is 7.79. The van der Waals surface area contributed by atoms with Crippen LogP contribution in [0.3, 0.4) is 0 Å². The van der Waals surface area contributed by atoms with Gasteiger partial charge in [0, 0.05) is 5.39 Å². The molecule has 30 heavy (non-hydrogen) atoms. The highest BCUT2D eigenvalue weighted by molar-refractivity contribution is 7.92. The number of halogens is 1. The Morgan fingerprint density at radius 2 is 1.90 bits per heavy atom. The third kappa shape index (κ3) is 3.73. The van der Waals surface area contributed by atoms with E-state index >= 15 is 4.39 Å². The summed E-state index contributed by atoms with van der Waals surface area (Å²) in [4.78, 5) is 11.7. The summed E-state index contributed by atoms with van der Waals surface area (Å²) in [6.07, 6.45) is 2.24. The highest BCUT2D eigenvalue weighted by Crippen LogP contribution is 2.40. The Kier molecular flexibility index (Phi) is 5.17. The van der Waals surface area contributed by atoms with Crippen LogP contribution in [0.1, 0.15) is 11.1 Å². The van der Waals surface area contributed by atoms with Crippen molar-refractivity contribution in [3.05, 3.63) is 84.2 Å². The van der Waals surface area contributed by atoms with E-state index in [9.17, 15) is 13.2 Å². The van der Waals surface area contributed by atoms with Crippen LogP contribution in [0.4, 0.5) is 10.1 Å². The molecule has 8 heteroatoms. The lowest BCUT2D eigenvalue weighted by molar-refractivity contribution is -0.117. The van der Waals surface area contributed by atoms with E-state index < -0.39 is 28.5 Å². The summed E-state index contributed by atoms with van der Waals surface area (Å²) in [6.45, 7) is 3.29. The molecule has 1 saturated heterocycles. The normalized spacial score (nSPS) is 15.2. The number of carbonyl (C=O) groups excluding carboxylic acids is 1. The number of nitrogens with one attached hydrogen (secondary N) is 1. The second-order valence-corrected chi connectivity index (χ2v) is 8.49. The first-order chi connectivity index (χ1) is 14.4. The molecule has 0 bridgehead atoms. The van der Waals surface area contributed by atoms with Gasteiger partial charge in [-0.3, -0.25) is 4.79 Å². The molecule has 1 heterocycles. The van der Waals surface area contributed by atoms with Crippen molar-refractivity contribution in [2.75, 3.05) is 10.8 Å². The molecule has 0 unspecified atom stereocenters. The van der Waals surface area contributed by atoms with Gasteiger partial charge >= 0.3 is 10.2 Å². The van der Waals surface area contributed by atoms with Gasteiger partial charge < -0.3 is 4.74 Å². The summed E-state index contributed by atoms with van der Waals surface area (Å²) in [7, 11) is -4.21. The molecule has 154 valence electrons. The van der Waals surface area contributed by atoms with Crippen molar-refractivity contribution in [3.63, 3.8) is 0 Å². The summed E-state index contributed by atoms with van der Waals surface area (Å²) < 4.78 is 48.9. The Bertz CT molecular complexity index is 1240. The van der Waals surface area contributed by atoms with Gasteiger partial charge in [-0.15, -0.1) is 6.58 Å². The van der Waals surface area contributed by atoms with Crippen molar-refractivity contribution < 1.29 is 22.3 Å². The van der Waals surface area contributed by atoms with E-state index in [1.807, 2.05) is 41.1 Å². The van der Waals surface area contributed by atoms with Gasteiger partial charge in [-0.2, -0.15) is 8.42 Å². The van der Waals surface area contributed by atoms with E-state index in [2.05, 4.69) is 6.58 Å². The van der Waals surface area contributed by atoms with E-state index in [1.165, 1.54) is 0 Å².